The zero-order chi connectivity index (χ0) is 15.4. The van der Waals surface area contributed by atoms with Crippen LogP contribution in [0.3, 0.4) is 0 Å². The third kappa shape index (κ3) is 3.31. The number of nitrogen functional groups attached to an aromatic ring is 1. The Morgan fingerprint density at radius 2 is 2.00 bits per heavy atom. The summed E-state index contributed by atoms with van der Waals surface area (Å²) in [7, 11) is 3.48. The number of methoxy groups -OCH3 is 1. The minimum absolute atomic E-state index is 0.140. The van der Waals surface area contributed by atoms with Gasteiger partial charge in [-0.2, -0.15) is 0 Å². The van der Waals surface area contributed by atoms with E-state index in [1.165, 1.54) is 6.07 Å². The van der Waals surface area contributed by atoms with E-state index in [2.05, 4.69) is 0 Å². The molecule has 2 aromatic carbocycles. The quantitative estimate of drug-likeness (QED) is 0.656. The number of amidine groups is 1. The van der Waals surface area contributed by atoms with Crippen LogP contribution in [0, 0.1) is 11.2 Å². The summed E-state index contributed by atoms with van der Waals surface area (Å²) in [5.41, 5.74) is 7.16. The molecule has 4 nitrogen and oxygen atoms in total. The van der Waals surface area contributed by atoms with Gasteiger partial charge in [-0.05, 0) is 18.2 Å². The molecule has 3 N–H and O–H groups in total. The van der Waals surface area contributed by atoms with Crippen LogP contribution in [-0.2, 0) is 6.54 Å². The Bertz CT molecular complexity index is 658. The second-order valence-electron chi connectivity index (χ2n) is 4.75. The van der Waals surface area contributed by atoms with Crippen molar-refractivity contribution in [2.75, 3.05) is 19.1 Å². The minimum Gasteiger partial charge on any atom is -0.495 e. The summed E-state index contributed by atoms with van der Waals surface area (Å²) in [4.78, 5) is 1.91. The van der Waals surface area contributed by atoms with Gasteiger partial charge in [0, 0.05) is 24.7 Å². The van der Waals surface area contributed by atoms with Crippen LogP contribution in [-0.4, -0.2) is 20.0 Å². The fourth-order valence-corrected chi connectivity index (χ4v) is 2.13. The van der Waals surface area contributed by atoms with Crippen molar-refractivity contribution < 1.29 is 9.13 Å². The van der Waals surface area contributed by atoms with Gasteiger partial charge in [-0.25, -0.2) is 4.39 Å². The van der Waals surface area contributed by atoms with E-state index in [0.717, 1.165) is 11.4 Å². The Morgan fingerprint density at radius 1 is 1.29 bits per heavy atom. The maximum Gasteiger partial charge on any atom is 0.142 e. The molecule has 0 aliphatic rings. The third-order valence-electron chi connectivity index (χ3n) is 3.27. The lowest BCUT2D eigenvalue weighted by molar-refractivity contribution is 0.414. The third-order valence-corrected chi connectivity index (χ3v) is 3.27. The Morgan fingerprint density at radius 3 is 2.62 bits per heavy atom. The summed E-state index contributed by atoms with van der Waals surface area (Å²) in [6.07, 6.45) is 0. The smallest absolute Gasteiger partial charge is 0.142 e. The van der Waals surface area contributed by atoms with Gasteiger partial charge in [0.05, 0.1) is 12.8 Å². The molecule has 0 aliphatic heterocycles. The van der Waals surface area contributed by atoms with Gasteiger partial charge in [0.1, 0.15) is 17.4 Å². The van der Waals surface area contributed by atoms with Crippen molar-refractivity contribution in [2.45, 2.75) is 6.54 Å². The number of nitrogens with zero attached hydrogens (tertiary/aromatic N) is 1. The lowest BCUT2D eigenvalue weighted by Gasteiger charge is -2.22. The van der Waals surface area contributed by atoms with E-state index < -0.39 is 0 Å². The van der Waals surface area contributed by atoms with Gasteiger partial charge in [0.25, 0.3) is 0 Å². The Kier molecular flexibility index (Phi) is 4.42. The first-order valence-corrected chi connectivity index (χ1v) is 6.50. The number of para-hydroxylation sites is 2. The van der Waals surface area contributed by atoms with Crippen LogP contribution in [0.5, 0.6) is 5.75 Å². The lowest BCUT2D eigenvalue weighted by Crippen LogP contribution is -2.18. The van der Waals surface area contributed by atoms with Crippen LogP contribution >= 0.6 is 0 Å². The normalized spacial score (nSPS) is 10.2. The van der Waals surface area contributed by atoms with Crippen LogP contribution in [0.25, 0.3) is 0 Å². The Labute approximate surface area is 123 Å². The first kappa shape index (κ1) is 14.8. The van der Waals surface area contributed by atoms with E-state index in [9.17, 15) is 4.39 Å². The lowest BCUT2D eigenvalue weighted by atomic mass is 10.1. The number of anilines is 1. The zero-order valence-electron chi connectivity index (χ0n) is 12.1. The van der Waals surface area contributed by atoms with E-state index in [1.54, 1.807) is 19.2 Å². The highest BCUT2D eigenvalue weighted by molar-refractivity contribution is 5.94. The van der Waals surface area contributed by atoms with Crippen LogP contribution in [0.15, 0.2) is 42.5 Å². The summed E-state index contributed by atoms with van der Waals surface area (Å²) in [6.45, 7) is 0.393. The maximum absolute atomic E-state index is 14.1. The maximum atomic E-state index is 14.1. The van der Waals surface area contributed by atoms with Crippen LogP contribution in [0.2, 0.25) is 0 Å². The average molecular weight is 287 g/mol. The van der Waals surface area contributed by atoms with Gasteiger partial charge in [0.15, 0.2) is 0 Å². The fraction of sp³-hybridized carbons (Fsp3) is 0.188. The van der Waals surface area contributed by atoms with Gasteiger partial charge in [-0.1, -0.05) is 24.3 Å². The molecule has 0 saturated heterocycles. The summed E-state index contributed by atoms with van der Waals surface area (Å²) >= 11 is 0. The van der Waals surface area contributed by atoms with Crippen molar-refractivity contribution in [3.8, 4) is 5.75 Å². The molecule has 0 unspecified atom stereocenters. The Hall–Kier alpha value is -2.56. The highest BCUT2D eigenvalue weighted by atomic mass is 19.1. The number of nitrogens with one attached hydrogen (secondary N) is 1. The number of rotatable bonds is 5. The summed E-state index contributed by atoms with van der Waals surface area (Å²) in [5.74, 6) is 0.226. The number of nitrogens with two attached hydrogens (primary N) is 1. The molecular weight excluding hydrogens is 269 g/mol. The van der Waals surface area contributed by atoms with Crippen molar-refractivity contribution >= 4 is 11.5 Å². The minimum atomic E-state index is -0.371. The standard InChI is InChI=1S/C16H18FN3O/c1-20(14-5-3-4-6-15(14)21-2)10-12-8-7-11(16(18)19)9-13(12)17/h3-9H,10H2,1-2H3,(H3,18,19). The van der Waals surface area contributed by atoms with Gasteiger partial charge in [0.2, 0.25) is 0 Å². The molecule has 0 fully saturated rings. The number of hydrogen-bond acceptors (Lipinski definition) is 3. The molecule has 0 heterocycles. The summed E-state index contributed by atoms with van der Waals surface area (Å²) < 4.78 is 19.4. The first-order valence-electron chi connectivity index (χ1n) is 6.50. The topological polar surface area (TPSA) is 62.3 Å². The molecular formula is C16H18FN3O. The van der Waals surface area contributed by atoms with Crippen LogP contribution < -0.4 is 15.4 Å². The molecule has 2 rings (SSSR count). The number of hydrogen-bond donors (Lipinski definition) is 2. The van der Waals surface area contributed by atoms with Gasteiger partial charge in [-0.3, -0.25) is 5.41 Å². The highest BCUT2D eigenvalue weighted by Crippen LogP contribution is 2.28. The second kappa shape index (κ2) is 6.26. The van der Waals surface area contributed by atoms with E-state index in [1.807, 2.05) is 36.2 Å². The Balaban J connectivity index is 2.23. The second-order valence-corrected chi connectivity index (χ2v) is 4.75. The van der Waals surface area contributed by atoms with Crippen LogP contribution in [0.4, 0.5) is 10.1 Å². The van der Waals surface area contributed by atoms with Crippen molar-refractivity contribution in [3.63, 3.8) is 0 Å². The zero-order valence-corrected chi connectivity index (χ0v) is 12.1. The van der Waals surface area contributed by atoms with Crippen molar-refractivity contribution in [3.05, 3.63) is 59.4 Å². The van der Waals surface area contributed by atoms with Gasteiger partial charge >= 0.3 is 0 Å². The van der Waals surface area contributed by atoms with Gasteiger partial charge < -0.3 is 15.4 Å². The van der Waals surface area contributed by atoms with E-state index in [0.29, 0.717) is 17.7 Å². The molecule has 0 aliphatic carbocycles. The predicted octanol–water partition coefficient (Wildman–Crippen LogP) is 2.75. The largest absolute Gasteiger partial charge is 0.495 e. The number of halogens is 1. The molecule has 5 heteroatoms. The molecule has 0 atom stereocenters. The monoisotopic (exact) mass is 287 g/mol. The van der Waals surface area contributed by atoms with Gasteiger partial charge in [-0.15, -0.1) is 0 Å². The molecule has 21 heavy (non-hydrogen) atoms. The molecule has 110 valence electrons. The van der Waals surface area contributed by atoms with E-state index in [-0.39, 0.29) is 11.7 Å². The molecule has 0 aromatic heterocycles. The molecule has 0 radical (unpaired) electrons. The molecule has 0 saturated carbocycles. The SMILES string of the molecule is COc1ccccc1N(C)Cc1ccc(C(=N)N)cc1F. The first-order chi connectivity index (χ1) is 10.0. The van der Waals surface area contributed by atoms with E-state index in [4.69, 9.17) is 15.9 Å². The molecule has 0 bridgehead atoms. The molecule has 0 spiro atoms. The van der Waals surface area contributed by atoms with Crippen molar-refractivity contribution in [1.29, 1.82) is 5.41 Å². The predicted molar refractivity (Wildman–Crippen MR) is 82.5 cm³/mol. The highest BCUT2D eigenvalue weighted by Gasteiger charge is 2.11. The number of benzene rings is 2. The van der Waals surface area contributed by atoms with Crippen LogP contribution in [0.1, 0.15) is 11.1 Å². The summed E-state index contributed by atoms with van der Waals surface area (Å²) in [6, 6.07) is 12.2. The molecule has 2 aromatic rings. The number of ether oxygens (including phenoxy) is 1. The van der Waals surface area contributed by atoms with Crippen molar-refractivity contribution in [1.82, 2.24) is 0 Å². The average Bonchev–Trinajstić information content (AvgIpc) is 2.48. The van der Waals surface area contributed by atoms with E-state index >= 15 is 0 Å². The molecule has 0 amide bonds. The fourth-order valence-electron chi connectivity index (χ4n) is 2.13. The summed E-state index contributed by atoms with van der Waals surface area (Å²) in [5, 5.41) is 7.32. The van der Waals surface area contributed by atoms with Crippen molar-refractivity contribution in [2.24, 2.45) is 5.73 Å².